The second-order valence-corrected chi connectivity index (χ2v) is 13.8. The fraction of sp³-hybridized carbons (Fsp3) is 0.122. The molecule has 0 bridgehead atoms. The van der Waals surface area contributed by atoms with Crippen molar-refractivity contribution in [1.82, 2.24) is 4.57 Å². The number of allylic oxidation sites excluding steroid dienone is 4. The molecule has 0 amide bonds. The average molecular weight is 594 g/mol. The summed E-state index contributed by atoms with van der Waals surface area (Å²) < 4.78 is 4.96. The number of hydrogen-bond acceptors (Lipinski definition) is 3. The van der Waals surface area contributed by atoms with Crippen LogP contribution >= 0.6 is 11.3 Å². The minimum absolute atomic E-state index is 0.0235. The quantitative estimate of drug-likeness (QED) is 0.200. The molecule has 0 spiro atoms. The van der Waals surface area contributed by atoms with Gasteiger partial charge in [-0.15, -0.1) is 11.3 Å². The summed E-state index contributed by atoms with van der Waals surface area (Å²) in [7, 11) is 0. The van der Waals surface area contributed by atoms with E-state index in [1.807, 2.05) is 35.6 Å². The van der Waals surface area contributed by atoms with Gasteiger partial charge in [0.25, 0.3) is 0 Å². The highest BCUT2D eigenvalue weighted by atomic mass is 32.1. The van der Waals surface area contributed by atoms with Crippen molar-refractivity contribution in [3.05, 3.63) is 137 Å². The average Bonchev–Trinajstić information content (AvgIpc) is 3.69. The molecule has 1 unspecified atom stereocenters. The molecule has 9 rings (SSSR count). The molecule has 0 saturated carbocycles. The van der Waals surface area contributed by atoms with Crippen molar-refractivity contribution in [2.24, 2.45) is 0 Å². The molecule has 5 aromatic carbocycles. The van der Waals surface area contributed by atoms with Crippen LogP contribution in [0, 0.1) is 22.7 Å². The second-order valence-electron chi connectivity index (χ2n) is 12.7. The Morgan fingerprint density at radius 2 is 1.58 bits per heavy atom. The van der Waals surface area contributed by atoms with Crippen LogP contribution in [0.5, 0.6) is 0 Å². The van der Waals surface area contributed by atoms with E-state index in [0.29, 0.717) is 11.1 Å². The number of fused-ring (bicyclic) bond motifs is 10. The van der Waals surface area contributed by atoms with Crippen molar-refractivity contribution in [2.45, 2.75) is 31.6 Å². The Bertz CT molecular complexity index is 2570. The molecule has 0 radical (unpaired) electrons. The molecule has 0 fully saturated rings. The van der Waals surface area contributed by atoms with E-state index >= 15 is 0 Å². The molecule has 7 aromatic rings. The molecule has 3 nitrogen and oxygen atoms in total. The first-order chi connectivity index (χ1) is 22.0. The Morgan fingerprint density at radius 3 is 2.44 bits per heavy atom. The highest BCUT2D eigenvalue weighted by Crippen LogP contribution is 2.54. The summed E-state index contributed by atoms with van der Waals surface area (Å²) in [6.07, 6.45) is 4.86. The lowest BCUT2D eigenvalue weighted by Gasteiger charge is -2.25. The Labute approximate surface area is 265 Å². The number of hydrogen-bond donors (Lipinski definition) is 0. The summed E-state index contributed by atoms with van der Waals surface area (Å²) in [6, 6.07) is 39.5. The van der Waals surface area contributed by atoms with E-state index < -0.39 is 0 Å². The minimum atomic E-state index is -0.0235. The van der Waals surface area contributed by atoms with Crippen LogP contribution in [0.25, 0.3) is 58.8 Å². The summed E-state index contributed by atoms with van der Waals surface area (Å²) >= 11 is 1.90. The lowest BCUT2D eigenvalue weighted by molar-refractivity contribution is 0.661. The molecule has 1 atom stereocenters. The maximum Gasteiger partial charge on any atom is 0.0991 e. The summed E-state index contributed by atoms with van der Waals surface area (Å²) in [5, 5.41) is 24.4. The van der Waals surface area contributed by atoms with E-state index in [-0.39, 0.29) is 11.3 Å². The summed E-state index contributed by atoms with van der Waals surface area (Å²) in [6.45, 7) is 4.68. The first-order valence-electron chi connectivity index (χ1n) is 15.3. The third-order valence-corrected chi connectivity index (χ3v) is 11.2. The van der Waals surface area contributed by atoms with Crippen molar-refractivity contribution in [3.63, 3.8) is 0 Å². The Hall–Kier alpha value is -5.42. The molecule has 212 valence electrons. The maximum absolute atomic E-state index is 9.97. The Balaban J connectivity index is 1.26. The van der Waals surface area contributed by atoms with Crippen LogP contribution in [0.15, 0.2) is 115 Å². The zero-order valence-electron chi connectivity index (χ0n) is 24.9. The van der Waals surface area contributed by atoms with E-state index in [0.717, 1.165) is 33.9 Å². The van der Waals surface area contributed by atoms with E-state index in [9.17, 15) is 10.5 Å². The Kier molecular flexibility index (Phi) is 5.37. The number of thiophene rings is 1. The van der Waals surface area contributed by atoms with Crippen molar-refractivity contribution >= 4 is 59.0 Å². The first kappa shape index (κ1) is 26.0. The summed E-state index contributed by atoms with van der Waals surface area (Å²) in [5.74, 6) is 0.0604. The van der Waals surface area contributed by atoms with Gasteiger partial charge in [-0.3, -0.25) is 0 Å². The van der Waals surface area contributed by atoms with Gasteiger partial charge in [0.1, 0.15) is 0 Å². The third kappa shape index (κ3) is 3.55. The van der Waals surface area contributed by atoms with Gasteiger partial charge in [0, 0.05) is 59.1 Å². The number of aromatic nitrogens is 1. The fourth-order valence-corrected chi connectivity index (χ4v) is 9.11. The summed E-state index contributed by atoms with van der Waals surface area (Å²) in [4.78, 5) is 0. The van der Waals surface area contributed by atoms with Gasteiger partial charge in [-0.2, -0.15) is 10.5 Å². The first-order valence-corrected chi connectivity index (χ1v) is 16.1. The number of benzene rings is 5. The molecule has 2 aromatic heterocycles. The van der Waals surface area contributed by atoms with Crippen LogP contribution in [0.1, 0.15) is 48.4 Å². The number of nitrogens with zero attached hydrogens (tertiary/aromatic N) is 3. The molecule has 2 heterocycles. The third-order valence-electron chi connectivity index (χ3n) is 10.0. The van der Waals surface area contributed by atoms with E-state index in [1.54, 1.807) is 0 Å². The van der Waals surface area contributed by atoms with Crippen LogP contribution in [0.2, 0.25) is 0 Å². The van der Waals surface area contributed by atoms with Crippen molar-refractivity contribution in [3.8, 4) is 23.3 Å². The van der Waals surface area contributed by atoms with Gasteiger partial charge in [-0.05, 0) is 71.1 Å². The monoisotopic (exact) mass is 593 g/mol. The van der Waals surface area contributed by atoms with E-state index in [1.165, 1.54) is 48.0 Å². The highest BCUT2D eigenvalue weighted by Gasteiger charge is 2.36. The number of nitriles is 2. The van der Waals surface area contributed by atoms with Crippen LogP contribution in [0.4, 0.5) is 0 Å². The van der Waals surface area contributed by atoms with Gasteiger partial charge in [-0.25, -0.2) is 0 Å². The minimum Gasteiger partial charge on any atom is -0.312 e. The van der Waals surface area contributed by atoms with Crippen LogP contribution in [0.3, 0.4) is 0 Å². The lowest BCUT2D eigenvalue weighted by Crippen LogP contribution is -2.14. The number of para-hydroxylation sites is 1. The predicted molar refractivity (Wildman–Crippen MR) is 186 cm³/mol. The molecular weight excluding hydrogens is 567 g/mol. The van der Waals surface area contributed by atoms with E-state index in [4.69, 9.17) is 0 Å². The van der Waals surface area contributed by atoms with Gasteiger partial charge < -0.3 is 4.57 Å². The van der Waals surface area contributed by atoms with Gasteiger partial charge in [0.05, 0.1) is 28.7 Å². The van der Waals surface area contributed by atoms with Gasteiger partial charge in [0.2, 0.25) is 0 Å². The fourth-order valence-electron chi connectivity index (χ4n) is 7.86. The van der Waals surface area contributed by atoms with E-state index in [2.05, 4.69) is 116 Å². The standard InChI is InChI=1S/C41H27N3S/c1-41(2)33-9-5-3-8-30(33)39-34(41)16-15-29-32-21-26(13-18-38(32)45-40(29)39)27-14-11-25(23-43)20-37(27)44-35-10-6-4-7-28(35)31-19-24(22-42)12-17-36(31)44/h3-13,15-21,27H,14H2,1-2H3. The molecular formula is C41H27N3S. The molecule has 4 heteroatoms. The van der Waals surface area contributed by atoms with Gasteiger partial charge >= 0.3 is 0 Å². The molecule has 2 aliphatic rings. The molecule has 0 aliphatic heterocycles. The van der Waals surface area contributed by atoms with Crippen LogP contribution in [-0.2, 0) is 5.41 Å². The maximum atomic E-state index is 9.97. The topological polar surface area (TPSA) is 52.5 Å². The number of rotatable bonds is 2. The normalized spacial score (nSPS) is 16.8. The highest BCUT2D eigenvalue weighted by molar-refractivity contribution is 7.26. The zero-order chi connectivity index (χ0) is 30.4. The van der Waals surface area contributed by atoms with Crippen LogP contribution < -0.4 is 0 Å². The summed E-state index contributed by atoms with van der Waals surface area (Å²) in [5.41, 5.74) is 11.3. The van der Waals surface area contributed by atoms with Crippen LogP contribution in [-0.4, -0.2) is 4.57 Å². The van der Waals surface area contributed by atoms with Crippen molar-refractivity contribution < 1.29 is 0 Å². The zero-order valence-corrected chi connectivity index (χ0v) is 25.7. The SMILES string of the molecule is CC1(C)c2ccccc2-c2c1ccc1c2sc2ccc(C3CC=C(C#N)C=C3n3c4ccccc4c4cc(C#N)ccc43)cc21. The molecule has 0 N–H and O–H groups in total. The van der Waals surface area contributed by atoms with Crippen molar-refractivity contribution in [1.29, 1.82) is 10.5 Å². The predicted octanol–water partition coefficient (Wildman–Crippen LogP) is 10.8. The van der Waals surface area contributed by atoms with Gasteiger partial charge in [-0.1, -0.05) is 80.6 Å². The molecule has 0 saturated heterocycles. The Morgan fingerprint density at radius 1 is 0.756 bits per heavy atom. The lowest BCUT2D eigenvalue weighted by atomic mass is 9.82. The smallest absolute Gasteiger partial charge is 0.0991 e. The largest absolute Gasteiger partial charge is 0.312 e. The molecule has 45 heavy (non-hydrogen) atoms. The molecule has 2 aliphatic carbocycles. The van der Waals surface area contributed by atoms with Gasteiger partial charge in [0.15, 0.2) is 0 Å². The second kappa shape index (κ2) is 9.29. The van der Waals surface area contributed by atoms with Crippen molar-refractivity contribution in [2.75, 3.05) is 0 Å².